The molecule has 0 saturated heterocycles. The molecule has 4 rings (SSSR count). The number of ether oxygens (including phenoxy) is 1. The van der Waals surface area contributed by atoms with E-state index in [9.17, 15) is 4.39 Å². The predicted molar refractivity (Wildman–Crippen MR) is 147 cm³/mol. The van der Waals surface area contributed by atoms with Gasteiger partial charge in [0, 0.05) is 6.92 Å². The zero-order valence-corrected chi connectivity index (χ0v) is 22.3. The summed E-state index contributed by atoms with van der Waals surface area (Å²) in [6, 6.07) is 0. The van der Waals surface area contributed by atoms with Crippen molar-refractivity contribution in [1.29, 1.82) is 0 Å². The minimum absolute atomic E-state index is 0.944. The predicted octanol–water partition coefficient (Wildman–Crippen LogP) is 10.2. The van der Waals surface area contributed by atoms with Crippen molar-refractivity contribution in [1.82, 2.24) is 0 Å². The lowest BCUT2D eigenvalue weighted by atomic mass is 9.70. The van der Waals surface area contributed by atoms with Gasteiger partial charge in [-0.1, -0.05) is 81.4 Å². The minimum atomic E-state index is -1.81. The third kappa shape index (κ3) is 7.58. The summed E-state index contributed by atoms with van der Waals surface area (Å²) in [6.07, 6.45) is 32.4. The Kier molecular flexibility index (Phi) is 9.31. The number of rotatable bonds is 9. The molecule has 0 spiro atoms. The first-order valence-corrected chi connectivity index (χ1v) is 14.4. The smallest absolute Gasteiger partial charge is 0.264 e. The second-order valence-corrected chi connectivity index (χ2v) is 11.7. The highest BCUT2D eigenvalue weighted by atomic mass is 19.2. The van der Waals surface area contributed by atoms with Crippen LogP contribution in [0.15, 0.2) is 71.1 Å². The van der Waals surface area contributed by atoms with Gasteiger partial charge < -0.3 is 4.74 Å². The minimum Gasteiger partial charge on any atom is -0.463 e. The number of allylic oxidation sites excluding steroid dienone is 9. The fraction of sp³-hybridized carbons (Fsp3) is 0.636. The Bertz CT molecular complexity index is 882. The summed E-state index contributed by atoms with van der Waals surface area (Å²) in [5.74, 6) is 1.26. The molecule has 0 heterocycles. The molecule has 4 aliphatic rings. The van der Waals surface area contributed by atoms with Crippen LogP contribution in [-0.4, -0.2) is 5.85 Å². The van der Waals surface area contributed by atoms with Crippen molar-refractivity contribution in [2.75, 3.05) is 0 Å². The highest BCUT2D eigenvalue weighted by Gasteiger charge is 2.28. The lowest BCUT2D eigenvalue weighted by Gasteiger charge is -2.36. The Hall–Kier alpha value is -1.83. The monoisotopic (exact) mass is 478 g/mol. The normalized spacial score (nSPS) is 28.3. The summed E-state index contributed by atoms with van der Waals surface area (Å²) in [6.45, 7) is 6.84. The van der Waals surface area contributed by atoms with Crippen LogP contribution in [0.1, 0.15) is 110 Å². The van der Waals surface area contributed by atoms with E-state index in [0.717, 1.165) is 42.4 Å². The largest absolute Gasteiger partial charge is 0.463 e. The third-order valence-electron chi connectivity index (χ3n) is 9.17. The molecular weight excluding hydrogens is 431 g/mol. The van der Waals surface area contributed by atoms with Crippen LogP contribution in [0.25, 0.3) is 0 Å². The Morgan fingerprint density at radius 2 is 1.57 bits per heavy atom. The molecule has 1 nitrogen and oxygen atoms in total. The Labute approximate surface area is 214 Å². The fourth-order valence-electron chi connectivity index (χ4n) is 7.01. The first kappa shape index (κ1) is 26.2. The highest BCUT2D eigenvalue weighted by molar-refractivity contribution is 5.46. The van der Waals surface area contributed by atoms with Crippen molar-refractivity contribution in [2.45, 2.75) is 116 Å². The molecule has 2 heteroatoms. The average Bonchev–Trinajstić information content (AvgIpc) is 2.88. The zero-order chi connectivity index (χ0) is 24.7. The number of hydrogen-bond donors (Lipinski definition) is 0. The average molecular weight is 479 g/mol. The molecule has 4 aliphatic carbocycles. The quantitative estimate of drug-likeness (QED) is 0.299. The molecule has 0 amide bonds. The van der Waals surface area contributed by atoms with Crippen molar-refractivity contribution >= 4 is 0 Å². The molecule has 1 unspecified atom stereocenters. The molecular formula is C33H47FO. The van der Waals surface area contributed by atoms with E-state index in [1.54, 1.807) is 11.6 Å². The van der Waals surface area contributed by atoms with Crippen LogP contribution in [0.5, 0.6) is 0 Å². The molecule has 2 fully saturated rings. The Morgan fingerprint density at radius 3 is 2.17 bits per heavy atom. The van der Waals surface area contributed by atoms with E-state index in [1.165, 1.54) is 107 Å². The molecule has 0 radical (unpaired) electrons. The first-order valence-electron chi connectivity index (χ1n) is 14.4. The Balaban J connectivity index is 1.24. The van der Waals surface area contributed by atoms with Gasteiger partial charge in [-0.25, -0.2) is 0 Å². The van der Waals surface area contributed by atoms with Crippen molar-refractivity contribution in [3.8, 4) is 0 Å². The third-order valence-corrected chi connectivity index (χ3v) is 9.17. The summed E-state index contributed by atoms with van der Waals surface area (Å²) < 4.78 is 19.3. The highest BCUT2D eigenvalue weighted by Crippen LogP contribution is 2.42. The summed E-state index contributed by atoms with van der Waals surface area (Å²) in [4.78, 5) is 0. The van der Waals surface area contributed by atoms with Gasteiger partial charge in [0.25, 0.3) is 5.85 Å². The Morgan fingerprint density at radius 1 is 0.914 bits per heavy atom. The van der Waals surface area contributed by atoms with E-state index < -0.39 is 5.85 Å². The second-order valence-electron chi connectivity index (χ2n) is 11.7. The standard InChI is InChI=1S/C33H47FO/c1-4-35-33(3,34)24-25(2)28-20-22-32(23-21-28)31-18-14-27(15-19-31)11-10-26-12-16-30(17-13-26)29-8-6-5-7-9-29/h4,14,18,20,22,24,26,29-30H,1,5-13,15-17,19,21,23H2,2-3H3/b25-24+. The fourth-order valence-corrected chi connectivity index (χ4v) is 7.01. The van der Waals surface area contributed by atoms with Crippen molar-refractivity contribution in [2.24, 2.45) is 17.8 Å². The van der Waals surface area contributed by atoms with Crippen LogP contribution in [0.2, 0.25) is 0 Å². The van der Waals surface area contributed by atoms with Gasteiger partial charge in [0.15, 0.2) is 0 Å². The summed E-state index contributed by atoms with van der Waals surface area (Å²) in [7, 11) is 0. The van der Waals surface area contributed by atoms with Crippen LogP contribution >= 0.6 is 0 Å². The SMILES string of the molecule is C=COC(C)(F)/C=C(\C)C1=CC=C(C2=CC=C(CCC3CCC(C4CCCCC4)CC3)CC2)CC1. The van der Waals surface area contributed by atoms with E-state index in [-0.39, 0.29) is 0 Å². The molecule has 0 aromatic rings. The lowest BCUT2D eigenvalue weighted by Crippen LogP contribution is -2.23. The maximum atomic E-state index is 14.3. The van der Waals surface area contributed by atoms with Crippen LogP contribution in [0.3, 0.4) is 0 Å². The number of alkyl halides is 1. The van der Waals surface area contributed by atoms with Crippen LogP contribution < -0.4 is 0 Å². The molecule has 0 aromatic heterocycles. The van der Waals surface area contributed by atoms with Gasteiger partial charge in [0.1, 0.15) is 0 Å². The maximum Gasteiger partial charge on any atom is 0.264 e. The van der Waals surface area contributed by atoms with Crippen molar-refractivity contribution in [3.63, 3.8) is 0 Å². The molecule has 35 heavy (non-hydrogen) atoms. The first-order chi connectivity index (χ1) is 16.9. The van der Waals surface area contributed by atoms with E-state index in [2.05, 4.69) is 30.9 Å². The molecule has 0 aliphatic heterocycles. The van der Waals surface area contributed by atoms with Gasteiger partial charge in [-0.15, -0.1) is 0 Å². The molecule has 0 bridgehead atoms. The lowest BCUT2D eigenvalue weighted by molar-refractivity contribution is -0.0363. The van der Waals surface area contributed by atoms with E-state index in [0.29, 0.717) is 0 Å². The van der Waals surface area contributed by atoms with Gasteiger partial charge in [-0.05, 0) is 104 Å². The molecule has 0 aromatic carbocycles. The van der Waals surface area contributed by atoms with Crippen LogP contribution in [0.4, 0.5) is 4.39 Å². The number of hydrogen-bond acceptors (Lipinski definition) is 1. The van der Waals surface area contributed by atoms with Crippen molar-refractivity contribution in [3.05, 3.63) is 71.1 Å². The van der Waals surface area contributed by atoms with E-state index >= 15 is 0 Å². The summed E-state index contributed by atoms with van der Waals surface area (Å²) in [5, 5.41) is 0. The maximum absolute atomic E-state index is 14.3. The summed E-state index contributed by atoms with van der Waals surface area (Å²) >= 11 is 0. The van der Waals surface area contributed by atoms with Gasteiger partial charge in [0.2, 0.25) is 0 Å². The molecule has 192 valence electrons. The molecule has 2 saturated carbocycles. The molecule has 0 N–H and O–H groups in total. The second kappa shape index (κ2) is 12.4. The zero-order valence-electron chi connectivity index (χ0n) is 22.3. The van der Waals surface area contributed by atoms with E-state index in [4.69, 9.17) is 4.74 Å². The van der Waals surface area contributed by atoms with Gasteiger partial charge in [-0.2, -0.15) is 4.39 Å². The number of halogens is 1. The van der Waals surface area contributed by atoms with Gasteiger partial charge >= 0.3 is 0 Å². The molecule has 1 atom stereocenters. The summed E-state index contributed by atoms with van der Waals surface area (Å²) in [5.41, 5.74) is 6.72. The van der Waals surface area contributed by atoms with E-state index in [1.807, 2.05) is 6.92 Å². The van der Waals surface area contributed by atoms with Crippen LogP contribution in [0, 0.1) is 17.8 Å². The van der Waals surface area contributed by atoms with Gasteiger partial charge in [0.05, 0.1) is 6.26 Å². The topological polar surface area (TPSA) is 9.23 Å². The van der Waals surface area contributed by atoms with Crippen molar-refractivity contribution < 1.29 is 9.13 Å². The van der Waals surface area contributed by atoms with Crippen LogP contribution in [-0.2, 0) is 4.74 Å². The van der Waals surface area contributed by atoms with Gasteiger partial charge in [-0.3, -0.25) is 0 Å².